The molecule has 0 bridgehead atoms. The Morgan fingerprint density at radius 1 is 1.25 bits per heavy atom. The van der Waals surface area contributed by atoms with Gasteiger partial charge in [0.15, 0.2) is 0 Å². The minimum Gasteiger partial charge on any atom is -0.324 e. The summed E-state index contributed by atoms with van der Waals surface area (Å²) in [6, 6.07) is 9.52. The lowest BCUT2D eigenvalue weighted by Crippen LogP contribution is -2.24. The zero-order valence-corrected chi connectivity index (χ0v) is 11.3. The molecule has 0 heterocycles. The standard InChI is InChI=1S/C11H18ClN2OP/c1-3-14(4-2)16(15,10-12)13-11-8-6-5-7-9-11/h5-9H,3-4,10H2,1-2H3,(H,13,15). The molecule has 0 radical (unpaired) electrons. The Morgan fingerprint density at radius 3 is 2.25 bits per heavy atom. The van der Waals surface area contributed by atoms with E-state index in [0.29, 0.717) is 0 Å². The van der Waals surface area contributed by atoms with Crippen molar-refractivity contribution < 1.29 is 4.57 Å². The van der Waals surface area contributed by atoms with Crippen LogP contribution in [-0.4, -0.2) is 23.4 Å². The Hall–Kier alpha value is -0.500. The van der Waals surface area contributed by atoms with Crippen LogP contribution in [0.15, 0.2) is 30.3 Å². The zero-order chi connectivity index (χ0) is 12.0. The number of hydrogen-bond donors (Lipinski definition) is 1. The van der Waals surface area contributed by atoms with Crippen molar-refractivity contribution in [3.05, 3.63) is 30.3 Å². The minimum absolute atomic E-state index is 0.115. The molecule has 1 aromatic rings. The van der Waals surface area contributed by atoms with E-state index in [2.05, 4.69) is 5.09 Å². The van der Waals surface area contributed by atoms with Crippen molar-refractivity contribution in [3.8, 4) is 0 Å². The Morgan fingerprint density at radius 2 is 1.81 bits per heavy atom. The Balaban J connectivity index is 2.86. The molecule has 0 spiro atoms. The van der Waals surface area contributed by atoms with Crippen LogP contribution in [0.4, 0.5) is 5.69 Å². The molecular formula is C11H18ClN2OP. The number of nitrogens with zero attached hydrogens (tertiary/aromatic N) is 1. The van der Waals surface area contributed by atoms with Crippen molar-refractivity contribution in [1.29, 1.82) is 0 Å². The first-order chi connectivity index (χ1) is 7.66. The topological polar surface area (TPSA) is 32.3 Å². The molecule has 1 atom stereocenters. The highest BCUT2D eigenvalue weighted by Crippen LogP contribution is 2.49. The van der Waals surface area contributed by atoms with Crippen molar-refractivity contribution in [2.24, 2.45) is 0 Å². The van der Waals surface area contributed by atoms with Crippen LogP contribution < -0.4 is 5.09 Å². The molecule has 1 aromatic carbocycles. The highest BCUT2D eigenvalue weighted by atomic mass is 35.5. The molecule has 1 unspecified atom stereocenters. The van der Waals surface area contributed by atoms with Gasteiger partial charge >= 0.3 is 0 Å². The molecule has 0 aromatic heterocycles. The summed E-state index contributed by atoms with van der Waals surface area (Å²) in [6.07, 6.45) is 0. The van der Waals surface area contributed by atoms with E-state index >= 15 is 0 Å². The number of benzene rings is 1. The van der Waals surface area contributed by atoms with E-state index in [0.717, 1.165) is 18.8 Å². The number of anilines is 1. The monoisotopic (exact) mass is 260 g/mol. The van der Waals surface area contributed by atoms with Crippen LogP contribution in [0.25, 0.3) is 0 Å². The fourth-order valence-corrected chi connectivity index (χ4v) is 4.02. The van der Waals surface area contributed by atoms with Crippen LogP contribution in [0.1, 0.15) is 13.8 Å². The molecule has 0 fully saturated rings. The van der Waals surface area contributed by atoms with Crippen molar-refractivity contribution in [1.82, 2.24) is 4.67 Å². The summed E-state index contributed by atoms with van der Waals surface area (Å²) in [7, 11) is -2.68. The SMILES string of the molecule is CCN(CC)P(=O)(CCl)Nc1ccccc1. The highest BCUT2D eigenvalue weighted by Gasteiger charge is 2.27. The summed E-state index contributed by atoms with van der Waals surface area (Å²) in [4.78, 5) is 0. The average molecular weight is 261 g/mol. The predicted molar refractivity (Wildman–Crippen MR) is 71.3 cm³/mol. The third-order valence-electron chi connectivity index (χ3n) is 2.43. The van der Waals surface area contributed by atoms with E-state index in [1.54, 1.807) is 0 Å². The summed E-state index contributed by atoms with van der Waals surface area (Å²) >= 11 is 5.84. The molecule has 0 amide bonds. The maximum atomic E-state index is 12.6. The van der Waals surface area contributed by atoms with E-state index in [1.807, 2.05) is 48.8 Å². The van der Waals surface area contributed by atoms with E-state index in [9.17, 15) is 4.57 Å². The molecule has 0 aliphatic heterocycles. The van der Waals surface area contributed by atoms with Crippen molar-refractivity contribution in [3.63, 3.8) is 0 Å². The average Bonchev–Trinajstić information content (AvgIpc) is 2.32. The van der Waals surface area contributed by atoms with E-state index in [-0.39, 0.29) is 5.62 Å². The quantitative estimate of drug-likeness (QED) is 0.623. The largest absolute Gasteiger partial charge is 0.324 e. The van der Waals surface area contributed by atoms with Crippen LogP contribution in [0.2, 0.25) is 0 Å². The smallest absolute Gasteiger partial charge is 0.251 e. The molecule has 0 aliphatic rings. The lowest BCUT2D eigenvalue weighted by Gasteiger charge is -2.29. The molecular weight excluding hydrogens is 243 g/mol. The first kappa shape index (κ1) is 13.6. The first-order valence-corrected chi connectivity index (χ1v) is 7.78. The van der Waals surface area contributed by atoms with Crippen molar-refractivity contribution >= 4 is 24.7 Å². The molecule has 1 N–H and O–H groups in total. The molecule has 1 rings (SSSR count). The second kappa shape index (κ2) is 6.29. The zero-order valence-electron chi connectivity index (χ0n) is 9.69. The van der Waals surface area contributed by atoms with Gasteiger partial charge in [-0.15, -0.1) is 11.6 Å². The summed E-state index contributed by atoms with van der Waals surface area (Å²) < 4.78 is 14.5. The number of halogens is 1. The molecule has 90 valence electrons. The van der Waals surface area contributed by atoms with Crippen molar-refractivity contribution in [2.75, 3.05) is 23.8 Å². The van der Waals surface area contributed by atoms with Gasteiger partial charge in [-0.3, -0.25) is 4.57 Å². The van der Waals surface area contributed by atoms with Crippen LogP contribution in [-0.2, 0) is 4.57 Å². The molecule has 0 aliphatic carbocycles. The number of hydrogen-bond acceptors (Lipinski definition) is 1. The van der Waals surface area contributed by atoms with Crippen LogP contribution in [0.3, 0.4) is 0 Å². The van der Waals surface area contributed by atoms with Crippen molar-refractivity contribution in [2.45, 2.75) is 13.8 Å². The molecule has 0 saturated carbocycles. The van der Waals surface area contributed by atoms with E-state index < -0.39 is 7.44 Å². The summed E-state index contributed by atoms with van der Waals surface area (Å²) in [5, 5.41) is 3.06. The maximum Gasteiger partial charge on any atom is 0.251 e. The summed E-state index contributed by atoms with van der Waals surface area (Å²) in [6.45, 7) is 5.41. The maximum absolute atomic E-state index is 12.6. The lowest BCUT2D eigenvalue weighted by molar-refractivity contribution is 0.450. The van der Waals surface area contributed by atoms with Gasteiger partial charge in [0.2, 0.25) is 0 Å². The highest BCUT2D eigenvalue weighted by molar-refractivity contribution is 7.64. The second-order valence-electron chi connectivity index (χ2n) is 3.44. The van der Waals surface area contributed by atoms with Gasteiger partial charge in [0.25, 0.3) is 7.44 Å². The summed E-state index contributed by atoms with van der Waals surface area (Å²) in [5.41, 5.74) is 0.960. The fraction of sp³-hybridized carbons (Fsp3) is 0.455. The third kappa shape index (κ3) is 3.24. The fourth-order valence-electron chi connectivity index (χ4n) is 1.57. The number of rotatable bonds is 6. The van der Waals surface area contributed by atoms with Crippen LogP contribution >= 0.6 is 19.0 Å². The summed E-state index contributed by atoms with van der Waals surface area (Å²) in [5.74, 6) is 0. The van der Waals surface area contributed by atoms with E-state index in [4.69, 9.17) is 11.6 Å². The molecule has 16 heavy (non-hydrogen) atoms. The second-order valence-corrected chi connectivity index (χ2v) is 6.59. The normalized spacial score (nSPS) is 14.8. The van der Waals surface area contributed by atoms with E-state index in [1.165, 1.54) is 0 Å². The van der Waals surface area contributed by atoms with Gasteiger partial charge in [0.1, 0.15) is 5.62 Å². The molecule has 0 saturated heterocycles. The number of alkyl halides is 1. The Kier molecular flexibility index (Phi) is 5.33. The van der Waals surface area contributed by atoms with Gasteiger partial charge in [-0.2, -0.15) is 0 Å². The van der Waals surface area contributed by atoms with Gasteiger partial charge in [-0.25, -0.2) is 4.67 Å². The van der Waals surface area contributed by atoms with Gasteiger partial charge in [-0.05, 0) is 12.1 Å². The number of nitrogens with one attached hydrogen (secondary N) is 1. The van der Waals surface area contributed by atoms with Crippen LogP contribution in [0, 0.1) is 0 Å². The van der Waals surface area contributed by atoms with Crippen LogP contribution in [0.5, 0.6) is 0 Å². The first-order valence-electron chi connectivity index (χ1n) is 5.40. The van der Waals surface area contributed by atoms with Gasteiger partial charge < -0.3 is 5.09 Å². The minimum atomic E-state index is -2.68. The van der Waals surface area contributed by atoms with Gasteiger partial charge in [0, 0.05) is 18.8 Å². The molecule has 5 heteroatoms. The Bertz CT molecular complexity index is 354. The van der Waals surface area contributed by atoms with Gasteiger partial charge in [0.05, 0.1) is 0 Å². The molecule has 3 nitrogen and oxygen atoms in total. The lowest BCUT2D eigenvalue weighted by atomic mass is 10.3. The predicted octanol–water partition coefficient (Wildman–Crippen LogP) is 3.83. The van der Waals surface area contributed by atoms with Gasteiger partial charge in [-0.1, -0.05) is 32.0 Å². The third-order valence-corrected chi connectivity index (χ3v) is 5.81. The number of para-hydroxylation sites is 1. The Labute approximate surface area is 102 Å².